The number of hydrogen-bond donors (Lipinski definition) is 3. The summed E-state index contributed by atoms with van der Waals surface area (Å²) < 4.78 is 8.82. The van der Waals surface area contributed by atoms with Gasteiger partial charge in [-0.25, -0.2) is 15.0 Å². The Bertz CT molecular complexity index is 1400. The fraction of sp³-hybridized carbons (Fsp3) is 0.348. The van der Waals surface area contributed by atoms with Gasteiger partial charge in [0.15, 0.2) is 0 Å². The van der Waals surface area contributed by atoms with E-state index in [1.165, 1.54) is 6.33 Å². The maximum Gasteiger partial charge on any atom is 0.145 e. The third-order valence-electron chi connectivity index (χ3n) is 7.15. The summed E-state index contributed by atoms with van der Waals surface area (Å²) in [6.07, 6.45) is 2.33. The molecule has 10 heteroatoms. The summed E-state index contributed by atoms with van der Waals surface area (Å²) in [5.41, 5.74) is 7.81. The molecule has 170 valence electrons. The first-order valence-corrected chi connectivity index (χ1v) is 11.8. The van der Waals surface area contributed by atoms with Crippen LogP contribution in [0.4, 0.5) is 5.82 Å². The molecule has 8 nitrogen and oxygen atoms in total. The van der Waals surface area contributed by atoms with Crippen LogP contribution in [-0.2, 0) is 4.74 Å². The lowest BCUT2D eigenvalue weighted by molar-refractivity contribution is -0.0309. The number of ether oxygens (including phenoxy) is 1. The van der Waals surface area contributed by atoms with E-state index >= 15 is 0 Å². The second-order valence-corrected chi connectivity index (χ2v) is 10.2. The maximum atomic E-state index is 11.1. The van der Waals surface area contributed by atoms with Crippen LogP contribution < -0.4 is 5.73 Å². The number of nitrogens with zero attached hydrogens (tertiary/aromatic N) is 4. The van der Waals surface area contributed by atoms with Crippen molar-refractivity contribution in [2.75, 3.05) is 12.3 Å². The molecule has 5 atom stereocenters. The van der Waals surface area contributed by atoms with Gasteiger partial charge in [0.25, 0.3) is 0 Å². The minimum absolute atomic E-state index is 0.210. The van der Waals surface area contributed by atoms with E-state index in [4.69, 9.17) is 22.1 Å². The Morgan fingerprint density at radius 1 is 1.18 bits per heavy atom. The second-order valence-electron chi connectivity index (χ2n) is 9.01. The van der Waals surface area contributed by atoms with Gasteiger partial charge in [-0.2, -0.15) is 0 Å². The highest BCUT2D eigenvalue weighted by Crippen LogP contribution is 2.55. The Hall–Kier alpha value is -2.30. The van der Waals surface area contributed by atoms with E-state index in [1.54, 1.807) is 0 Å². The number of hydrogen-bond acceptors (Lipinski definition) is 7. The molecule has 4 aromatic rings. The van der Waals surface area contributed by atoms with Crippen molar-refractivity contribution in [3.05, 3.63) is 58.0 Å². The standard InChI is InChI=1S/C23H21BrClN5O3/c24-14-5-11-1-2-12(6-15(11)29-20(14)25)17-8-23(9-33-17)7-16(18(31)19(23)32)30-4-3-13-21(26)27-10-28-22(13)30/h1-6,10,16-19,31-32H,7-9H2,(H2,26,27,28)/t16-,17-,18+,19+,23-/m1/s1. The van der Waals surface area contributed by atoms with Gasteiger partial charge < -0.3 is 25.3 Å². The van der Waals surface area contributed by atoms with Gasteiger partial charge in [-0.1, -0.05) is 23.7 Å². The van der Waals surface area contributed by atoms with Crippen LogP contribution in [0.25, 0.3) is 21.9 Å². The fourth-order valence-electron chi connectivity index (χ4n) is 5.40. The number of anilines is 1. The van der Waals surface area contributed by atoms with Crippen LogP contribution in [0.5, 0.6) is 0 Å². The largest absolute Gasteiger partial charge is 0.390 e. The lowest BCUT2D eigenvalue weighted by atomic mass is 9.80. The minimum Gasteiger partial charge on any atom is -0.390 e. The molecule has 1 aromatic carbocycles. The zero-order valence-electron chi connectivity index (χ0n) is 17.4. The summed E-state index contributed by atoms with van der Waals surface area (Å²) in [6.45, 7) is 0.356. The summed E-state index contributed by atoms with van der Waals surface area (Å²) >= 11 is 9.59. The number of aliphatic hydroxyl groups excluding tert-OH is 2. The normalized spacial score (nSPS) is 29.6. The average Bonchev–Trinajstić information content (AvgIpc) is 3.48. The summed E-state index contributed by atoms with van der Waals surface area (Å²) in [5, 5.41) is 24.2. The van der Waals surface area contributed by atoms with E-state index in [1.807, 2.05) is 41.1 Å². The lowest BCUT2D eigenvalue weighted by Crippen LogP contribution is -2.37. The summed E-state index contributed by atoms with van der Waals surface area (Å²) in [7, 11) is 0. The highest BCUT2D eigenvalue weighted by molar-refractivity contribution is 9.10. The molecular formula is C23H21BrClN5O3. The molecule has 1 spiro atoms. The van der Waals surface area contributed by atoms with Crippen LogP contribution in [0.2, 0.25) is 5.15 Å². The number of nitrogen functional groups attached to an aromatic ring is 1. The Balaban J connectivity index is 1.30. The molecule has 0 bridgehead atoms. The van der Waals surface area contributed by atoms with Crippen molar-refractivity contribution in [1.29, 1.82) is 0 Å². The molecular weight excluding hydrogens is 510 g/mol. The zero-order chi connectivity index (χ0) is 22.9. The molecule has 1 saturated carbocycles. The first kappa shape index (κ1) is 21.2. The summed E-state index contributed by atoms with van der Waals surface area (Å²) in [4.78, 5) is 12.8. The van der Waals surface area contributed by atoms with Crippen LogP contribution in [0, 0.1) is 5.41 Å². The average molecular weight is 531 g/mol. The zero-order valence-corrected chi connectivity index (χ0v) is 19.7. The number of nitrogens with two attached hydrogens (primary N) is 1. The topological polar surface area (TPSA) is 119 Å². The Kier molecular flexibility index (Phi) is 4.90. The van der Waals surface area contributed by atoms with E-state index < -0.39 is 17.6 Å². The Labute approximate surface area is 202 Å². The molecule has 2 fully saturated rings. The van der Waals surface area contributed by atoms with Crippen LogP contribution in [0.1, 0.15) is 30.6 Å². The van der Waals surface area contributed by atoms with Crippen LogP contribution in [0.15, 0.2) is 47.3 Å². The number of pyridine rings is 1. The van der Waals surface area contributed by atoms with Gasteiger partial charge in [0.2, 0.25) is 0 Å². The predicted octanol–water partition coefficient (Wildman–Crippen LogP) is 3.79. The molecule has 4 heterocycles. The maximum absolute atomic E-state index is 11.1. The number of aliphatic hydroxyl groups is 2. The van der Waals surface area contributed by atoms with Gasteiger partial charge in [-0.3, -0.25) is 0 Å². The van der Waals surface area contributed by atoms with Gasteiger partial charge in [0.1, 0.15) is 29.0 Å². The van der Waals surface area contributed by atoms with Crippen LogP contribution >= 0.6 is 27.5 Å². The van der Waals surface area contributed by atoms with Crippen molar-refractivity contribution in [2.45, 2.75) is 37.2 Å². The second kappa shape index (κ2) is 7.61. The van der Waals surface area contributed by atoms with Crippen molar-refractivity contribution < 1.29 is 14.9 Å². The van der Waals surface area contributed by atoms with E-state index in [-0.39, 0.29) is 12.1 Å². The number of fused-ring (bicyclic) bond motifs is 2. The monoisotopic (exact) mass is 529 g/mol. The molecule has 6 rings (SSSR count). The molecule has 3 aromatic heterocycles. The van der Waals surface area contributed by atoms with E-state index in [0.29, 0.717) is 36.1 Å². The molecule has 0 unspecified atom stereocenters. The summed E-state index contributed by atoms with van der Waals surface area (Å²) in [5.74, 6) is 0.391. The number of halogens is 2. The summed E-state index contributed by atoms with van der Waals surface area (Å²) in [6, 6.07) is 9.42. The number of benzene rings is 1. The molecule has 2 aliphatic rings. The van der Waals surface area contributed by atoms with Crippen molar-refractivity contribution in [2.24, 2.45) is 5.41 Å². The van der Waals surface area contributed by atoms with Gasteiger partial charge in [-0.05, 0) is 52.5 Å². The van der Waals surface area contributed by atoms with Gasteiger partial charge >= 0.3 is 0 Å². The highest BCUT2D eigenvalue weighted by Gasteiger charge is 2.57. The SMILES string of the molecule is Nc1ncnc2c1ccn2[C@@H]1C[C@@]2(CO[C@@H](c3ccc4cc(Br)c(Cl)nc4c3)C2)[C@@H](O)[C@H]1O. The van der Waals surface area contributed by atoms with Gasteiger partial charge in [0.05, 0.1) is 40.2 Å². The smallest absolute Gasteiger partial charge is 0.145 e. The highest BCUT2D eigenvalue weighted by atomic mass is 79.9. The predicted molar refractivity (Wildman–Crippen MR) is 128 cm³/mol. The van der Waals surface area contributed by atoms with E-state index in [9.17, 15) is 10.2 Å². The van der Waals surface area contributed by atoms with Crippen LogP contribution in [0.3, 0.4) is 0 Å². The molecule has 33 heavy (non-hydrogen) atoms. The van der Waals surface area contributed by atoms with Crippen molar-refractivity contribution in [3.8, 4) is 0 Å². The third kappa shape index (κ3) is 3.25. The van der Waals surface area contributed by atoms with E-state index in [0.717, 1.165) is 26.3 Å². The fourth-order valence-corrected chi connectivity index (χ4v) is 5.88. The number of aromatic nitrogens is 4. The van der Waals surface area contributed by atoms with E-state index in [2.05, 4.69) is 30.9 Å². The molecule has 1 saturated heterocycles. The lowest BCUT2D eigenvalue weighted by Gasteiger charge is -2.26. The molecule has 4 N–H and O–H groups in total. The first-order valence-electron chi connectivity index (χ1n) is 10.7. The quantitative estimate of drug-likeness (QED) is 0.337. The number of rotatable bonds is 2. The van der Waals surface area contributed by atoms with Crippen molar-refractivity contribution >= 4 is 55.3 Å². The third-order valence-corrected chi connectivity index (χ3v) is 8.27. The van der Waals surface area contributed by atoms with Crippen molar-refractivity contribution in [1.82, 2.24) is 19.5 Å². The molecule has 1 aliphatic carbocycles. The van der Waals surface area contributed by atoms with Gasteiger partial charge in [0, 0.05) is 17.0 Å². The Morgan fingerprint density at radius 2 is 2.03 bits per heavy atom. The van der Waals surface area contributed by atoms with Crippen LogP contribution in [-0.4, -0.2) is 48.5 Å². The molecule has 0 amide bonds. The van der Waals surface area contributed by atoms with Gasteiger partial charge in [-0.15, -0.1) is 0 Å². The Morgan fingerprint density at radius 3 is 2.88 bits per heavy atom. The minimum atomic E-state index is -0.950. The first-order chi connectivity index (χ1) is 15.9. The van der Waals surface area contributed by atoms with Crippen molar-refractivity contribution in [3.63, 3.8) is 0 Å². The molecule has 1 aliphatic heterocycles. The molecule has 0 radical (unpaired) electrons.